The maximum absolute atomic E-state index is 13.3. The minimum atomic E-state index is -0.576. The summed E-state index contributed by atoms with van der Waals surface area (Å²) < 4.78 is 8.11. The Morgan fingerprint density at radius 3 is 2.67 bits per heavy atom. The molecule has 2 aromatic heterocycles. The topological polar surface area (TPSA) is 124 Å². The molecule has 1 aliphatic carbocycles. The van der Waals surface area contributed by atoms with Gasteiger partial charge in [0.2, 0.25) is 5.88 Å². The molecular formula is C21H29N5O4. The second-order valence-electron chi connectivity index (χ2n) is 8.60. The zero-order chi connectivity index (χ0) is 21.4. The first-order chi connectivity index (χ1) is 14.4. The number of amides is 1. The molecule has 30 heavy (non-hydrogen) atoms. The zero-order valence-electron chi connectivity index (χ0n) is 17.4. The van der Waals surface area contributed by atoms with Crippen LogP contribution in [0.1, 0.15) is 55.5 Å². The highest BCUT2D eigenvalue weighted by Gasteiger charge is 2.30. The summed E-state index contributed by atoms with van der Waals surface area (Å²) in [6, 6.07) is 0.0613. The first kappa shape index (κ1) is 20.5. The molecule has 0 spiro atoms. The van der Waals surface area contributed by atoms with Gasteiger partial charge >= 0.3 is 0 Å². The van der Waals surface area contributed by atoms with Crippen molar-refractivity contribution in [2.45, 2.75) is 52.1 Å². The van der Waals surface area contributed by atoms with Crippen LogP contribution in [-0.2, 0) is 11.3 Å². The van der Waals surface area contributed by atoms with Crippen LogP contribution >= 0.6 is 0 Å². The van der Waals surface area contributed by atoms with E-state index in [-0.39, 0.29) is 23.3 Å². The lowest BCUT2D eigenvalue weighted by atomic mass is 9.99. The fourth-order valence-corrected chi connectivity index (χ4v) is 3.80. The summed E-state index contributed by atoms with van der Waals surface area (Å²) in [5, 5.41) is 17.8. The Labute approximate surface area is 174 Å². The van der Waals surface area contributed by atoms with Gasteiger partial charge in [-0.1, -0.05) is 26.0 Å². The lowest BCUT2D eigenvalue weighted by Crippen LogP contribution is -2.36. The Bertz CT molecular complexity index is 1040. The third-order valence-electron chi connectivity index (χ3n) is 5.55. The Hall–Kier alpha value is -2.81. The maximum Gasteiger partial charge on any atom is 0.270 e. The smallest absolute Gasteiger partial charge is 0.270 e. The molecule has 1 saturated carbocycles. The molecule has 3 heterocycles. The minimum absolute atomic E-state index is 0.0613. The first-order valence-corrected chi connectivity index (χ1v) is 10.6. The summed E-state index contributed by atoms with van der Waals surface area (Å²) in [6.45, 7) is 5.78. The van der Waals surface area contributed by atoms with E-state index in [0.717, 1.165) is 38.9 Å². The number of hydrogen-bond acceptors (Lipinski definition) is 6. The molecule has 2 aliphatic rings. The van der Waals surface area contributed by atoms with Gasteiger partial charge in [0.15, 0.2) is 17.0 Å². The fourth-order valence-electron chi connectivity index (χ4n) is 3.80. The average molecular weight is 415 g/mol. The van der Waals surface area contributed by atoms with Crippen molar-refractivity contribution in [3.8, 4) is 5.88 Å². The lowest BCUT2D eigenvalue weighted by Gasteiger charge is -2.18. The molecule has 2 fully saturated rings. The van der Waals surface area contributed by atoms with Crippen LogP contribution in [0.2, 0.25) is 0 Å². The van der Waals surface area contributed by atoms with Crippen molar-refractivity contribution >= 4 is 23.4 Å². The number of allylic oxidation sites excluding steroid dienone is 1. The van der Waals surface area contributed by atoms with Crippen LogP contribution in [-0.4, -0.2) is 44.5 Å². The lowest BCUT2D eigenvalue weighted by molar-refractivity contribution is 0.0787. The minimum Gasteiger partial charge on any atom is -0.492 e. The molecule has 0 bridgehead atoms. The summed E-state index contributed by atoms with van der Waals surface area (Å²) in [4.78, 5) is 25.9. The third kappa shape index (κ3) is 3.94. The van der Waals surface area contributed by atoms with Gasteiger partial charge < -0.3 is 20.9 Å². The van der Waals surface area contributed by atoms with E-state index in [1.807, 2.05) is 19.9 Å². The number of anilines is 1. The van der Waals surface area contributed by atoms with E-state index in [1.165, 1.54) is 9.08 Å². The zero-order valence-corrected chi connectivity index (χ0v) is 17.4. The summed E-state index contributed by atoms with van der Waals surface area (Å²) >= 11 is 0. The number of nitrogen functional groups attached to an aromatic ring is 1. The van der Waals surface area contributed by atoms with Crippen molar-refractivity contribution in [2.75, 3.05) is 18.9 Å². The Kier molecular flexibility index (Phi) is 5.55. The van der Waals surface area contributed by atoms with Crippen LogP contribution in [0.15, 0.2) is 10.9 Å². The van der Waals surface area contributed by atoms with E-state index < -0.39 is 17.3 Å². The van der Waals surface area contributed by atoms with Crippen LogP contribution in [0.5, 0.6) is 5.88 Å². The Morgan fingerprint density at radius 1 is 1.33 bits per heavy atom. The molecular weight excluding hydrogens is 386 g/mol. The van der Waals surface area contributed by atoms with E-state index in [1.54, 1.807) is 0 Å². The van der Waals surface area contributed by atoms with Crippen molar-refractivity contribution in [1.82, 2.24) is 19.5 Å². The molecule has 1 saturated heterocycles. The normalized spacial score (nSPS) is 18.0. The highest BCUT2D eigenvalue weighted by atomic mass is 16.5. The van der Waals surface area contributed by atoms with Crippen molar-refractivity contribution in [1.29, 1.82) is 0 Å². The summed E-state index contributed by atoms with van der Waals surface area (Å²) in [5.74, 6) is -0.363. The standard InChI is InChI=1S/C21H29N5O4/c1-12(2)11-25-19-15(6-3-13-7-9-30-10-8-13)17(22)24-26(19)21(29)16(20(25)28)18(27)23-14-4-5-14/h3,6,12-14,29H,4-5,7-11H2,1-2H3,(H2,22,24)(H,23,27)/b6-3+. The maximum atomic E-state index is 13.3. The van der Waals surface area contributed by atoms with Gasteiger partial charge in [-0.15, -0.1) is 5.10 Å². The number of nitrogens with two attached hydrogens (primary N) is 1. The van der Waals surface area contributed by atoms with Gasteiger partial charge in [0.1, 0.15) is 0 Å². The van der Waals surface area contributed by atoms with Crippen LogP contribution < -0.4 is 16.6 Å². The monoisotopic (exact) mass is 415 g/mol. The number of fused-ring (bicyclic) bond motifs is 1. The fraction of sp³-hybridized carbons (Fsp3) is 0.571. The van der Waals surface area contributed by atoms with E-state index in [4.69, 9.17) is 10.5 Å². The number of aromatic nitrogens is 3. The molecule has 9 heteroatoms. The summed E-state index contributed by atoms with van der Waals surface area (Å²) in [7, 11) is 0. The molecule has 1 amide bonds. The predicted molar refractivity (Wildman–Crippen MR) is 113 cm³/mol. The molecule has 4 rings (SSSR count). The number of rotatable bonds is 6. The molecule has 0 radical (unpaired) electrons. The van der Waals surface area contributed by atoms with Crippen molar-refractivity contribution in [3.05, 3.63) is 27.6 Å². The SMILES string of the molecule is CC(C)Cn1c(=O)c(C(=O)NC2CC2)c(O)n2nc(N)c(/C=C/C3CCOCC3)c12. The van der Waals surface area contributed by atoms with Gasteiger partial charge in [-0.2, -0.15) is 4.52 Å². The first-order valence-electron chi connectivity index (χ1n) is 10.6. The van der Waals surface area contributed by atoms with Gasteiger partial charge in [0, 0.05) is 25.8 Å². The molecule has 4 N–H and O–H groups in total. The van der Waals surface area contributed by atoms with Gasteiger partial charge in [-0.25, -0.2) is 0 Å². The molecule has 2 aromatic rings. The Balaban J connectivity index is 1.85. The third-order valence-corrected chi connectivity index (χ3v) is 5.55. The average Bonchev–Trinajstić information content (AvgIpc) is 3.45. The van der Waals surface area contributed by atoms with Crippen molar-refractivity contribution in [3.63, 3.8) is 0 Å². The van der Waals surface area contributed by atoms with Crippen LogP contribution in [0.4, 0.5) is 5.82 Å². The molecule has 0 unspecified atom stereocenters. The second-order valence-corrected chi connectivity index (χ2v) is 8.60. The van der Waals surface area contributed by atoms with Crippen LogP contribution in [0.3, 0.4) is 0 Å². The van der Waals surface area contributed by atoms with Gasteiger partial charge in [0.25, 0.3) is 11.5 Å². The second kappa shape index (κ2) is 8.14. The van der Waals surface area contributed by atoms with Gasteiger partial charge in [0.05, 0.1) is 5.56 Å². The highest BCUT2D eigenvalue weighted by Crippen LogP contribution is 2.27. The predicted octanol–water partition coefficient (Wildman–Crippen LogP) is 1.77. The highest BCUT2D eigenvalue weighted by molar-refractivity contribution is 5.97. The summed E-state index contributed by atoms with van der Waals surface area (Å²) in [6.07, 6.45) is 7.53. The largest absolute Gasteiger partial charge is 0.492 e. The van der Waals surface area contributed by atoms with Crippen LogP contribution in [0, 0.1) is 11.8 Å². The number of hydrogen-bond donors (Lipinski definition) is 3. The van der Waals surface area contributed by atoms with Gasteiger partial charge in [-0.05, 0) is 37.5 Å². The quantitative estimate of drug-likeness (QED) is 0.661. The number of ether oxygens (including phenoxy) is 1. The molecule has 0 aromatic carbocycles. The molecule has 1 aliphatic heterocycles. The molecule has 162 valence electrons. The van der Waals surface area contributed by atoms with E-state index in [2.05, 4.69) is 16.5 Å². The number of carbonyl (C=O) groups excluding carboxylic acids is 1. The molecule has 0 atom stereocenters. The van der Waals surface area contributed by atoms with Crippen LogP contribution in [0.25, 0.3) is 11.7 Å². The number of nitrogens with zero attached hydrogens (tertiary/aromatic N) is 3. The Morgan fingerprint density at radius 2 is 2.03 bits per heavy atom. The number of carbonyl (C=O) groups is 1. The van der Waals surface area contributed by atoms with E-state index in [9.17, 15) is 14.7 Å². The summed E-state index contributed by atoms with van der Waals surface area (Å²) in [5.41, 5.74) is 6.31. The van der Waals surface area contributed by atoms with Gasteiger partial charge in [-0.3, -0.25) is 14.2 Å². The van der Waals surface area contributed by atoms with E-state index in [0.29, 0.717) is 23.7 Å². The van der Waals surface area contributed by atoms with Crippen molar-refractivity contribution < 1.29 is 14.6 Å². The number of nitrogens with one attached hydrogen (secondary N) is 1. The molecule has 9 nitrogen and oxygen atoms in total. The number of aromatic hydroxyl groups is 1. The van der Waals surface area contributed by atoms with E-state index >= 15 is 0 Å². The van der Waals surface area contributed by atoms with Crippen molar-refractivity contribution in [2.24, 2.45) is 11.8 Å².